The maximum absolute atomic E-state index is 6.19. The van der Waals surface area contributed by atoms with Crippen LogP contribution in [-0.4, -0.2) is 6.04 Å². The molecule has 0 unspecified atom stereocenters. The van der Waals surface area contributed by atoms with Crippen molar-refractivity contribution in [3.8, 4) is 0 Å². The highest BCUT2D eigenvalue weighted by atomic mass is 35.5. The lowest BCUT2D eigenvalue weighted by Gasteiger charge is -2.07. The minimum absolute atomic E-state index is 0.759. The summed E-state index contributed by atoms with van der Waals surface area (Å²) in [6, 6.07) is 17.6. The number of hydrogen-bond donors (Lipinski definition) is 1. The van der Waals surface area contributed by atoms with Gasteiger partial charge in [-0.2, -0.15) is 0 Å². The Balaban J connectivity index is 1.59. The molecule has 0 heterocycles. The van der Waals surface area contributed by atoms with Crippen LogP contribution in [0.4, 0.5) is 0 Å². The molecule has 1 aliphatic carbocycles. The smallest absolute Gasteiger partial charge is 0.0446 e. The molecule has 0 amide bonds. The van der Waals surface area contributed by atoms with Gasteiger partial charge in [0.1, 0.15) is 0 Å². The van der Waals surface area contributed by atoms with Crippen LogP contribution < -0.4 is 5.32 Å². The molecule has 0 radical (unpaired) electrons. The highest BCUT2D eigenvalue weighted by molar-refractivity contribution is 7.98. The molecule has 3 rings (SSSR count). The van der Waals surface area contributed by atoms with Gasteiger partial charge >= 0.3 is 0 Å². The van der Waals surface area contributed by atoms with Gasteiger partial charge in [-0.25, -0.2) is 0 Å². The first-order chi connectivity index (χ1) is 9.81. The van der Waals surface area contributed by atoms with Crippen molar-refractivity contribution >= 4 is 23.4 Å². The molecule has 1 fully saturated rings. The van der Waals surface area contributed by atoms with Gasteiger partial charge in [0, 0.05) is 28.3 Å². The van der Waals surface area contributed by atoms with Gasteiger partial charge in [-0.15, -0.1) is 11.8 Å². The molecule has 20 heavy (non-hydrogen) atoms. The number of hydrogen-bond acceptors (Lipinski definition) is 2. The largest absolute Gasteiger partial charge is 0.310 e. The van der Waals surface area contributed by atoms with Crippen LogP contribution in [0.5, 0.6) is 0 Å². The normalized spacial score (nSPS) is 14.4. The second-order valence-electron chi connectivity index (χ2n) is 5.18. The second kappa shape index (κ2) is 6.66. The van der Waals surface area contributed by atoms with Crippen molar-refractivity contribution in [1.29, 1.82) is 0 Å². The third-order valence-corrected chi connectivity index (χ3v) is 4.83. The van der Waals surface area contributed by atoms with Gasteiger partial charge in [0.15, 0.2) is 0 Å². The zero-order chi connectivity index (χ0) is 13.8. The van der Waals surface area contributed by atoms with Crippen molar-refractivity contribution in [2.24, 2.45) is 0 Å². The molecular formula is C17H18ClNS. The molecule has 104 valence electrons. The SMILES string of the molecule is Clc1ccccc1CSc1cccc(CNC2CC2)c1. The van der Waals surface area contributed by atoms with E-state index in [2.05, 4.69) is 35.6 Å². The van der Waals surface area contributed by atoms with E-state index < -0.39 is 0 Å². The molecule has 0 atom stereocenters. The van der Waals surface area contributed by atoms with Crippen molar-refractivity contribution in [3.63, 3.8) is 0 Å². The lowest BCUT2D eigenvalue weighted by molar-refractivity contribution is 0.687. The van der Waals surface area contributed by atoms with Crippen molar-refractivity contribution in [3.05, 3.63) is 64.7 Å². The second-order valence-corrected chi connectivity index (χ2v) is 6.64. The summed E-state index contributed by atoms with van der Waals surface area (Å²) >= 11 is 8.03. The molecule has 1 N–H and O–H groups in total. The summed E-state index contributed by atoms with van der Waals surface area (Å²) in [6.45, 7) is 0.977. The number of rotatable bonds is 6. The number of thioether (sulfide) groups is 1. The van der Waals surface area contributed by atoms with E-state index in [9.17, 15) is 0 Å². The number of nitrogens with one attached hydrogen (secondary N) is 1. The molecule has 0 bridgehead atoms. The van der Waals surface area contributed by atoms with Gasteiger partial charge in [-0.05, 0) is 42.2 Å². The van der Waals surface area contributed by atoms with Crippen LogP contribution in [0.25, 0.3) is 0 Å². The standard InChI is InChI=1S/C17H18ClNS/c18-17-7-2-1-5-14(17)12-20-16-6-3-4-13(10-16)11-19-15-8-9-15/h1-7,10,15,19H,8-9,11-12H2. The zero-order valence-electron chi connectivity index (χ0n) is 11.3. The lowest BCUT2D eigenvalue weighted by atomic mass is 10.2. The Bertz CT molecular complexity index is 581. The third-order valence-electron chi connectivity index (χ3n) is 3.42. The fourth-order valence-corrected chi connectivity index (χ4v) is 3.34. The van der Waals surface area contributed by atoms with Gasteiger partial charge in [-0.3, -0.25) is 0 Å². The summed E-state index contributed by atoms with van der Waals surface area (Å²) < 4.78 is 0. The van der Waals surface area contributed by atoms with Crippen LogP contribution in [0.3, 0.4) is 0 Å². The maximum Gasteiger partial charge on any atom is 0.0446 e. The van der Waals surface area contributed by atoms with Crippen molar-refractivity contribution < 1.29 is 0 Å². The summed E-state index contributed by atoms with van der Waals surface area (Å²) in [5.41, 5.74) is 2.56. The molecule has 2 aromatic rings. The molecule has 0 aromatic heterocycles. The van der Waals surface area contributed by atoms with Crippen molar-refractivity contribution in [1.82, 2.24) is 5.32 Å². The van der Waals surface area contributed by atoms with E-state index in [1.807, 2.05) is 30.0 Å². The Hall–Kier alpha value is -0.960. The topological polar surface area (TPSA) is 12.0 Å². The number of halogens is 1. The van der Waals surface area contributed by atoms with Crippen LogP contribution in [0.15, 0.2) is 53.4 Å². The fraction of sp³-hybridized carbons (Fsp3) is 0.294. The van der Waals surface area contributed by atoms with E-state index in [-0.39, 0.29) is 0 Å². The Kier molecular flexibility index (Phi) is 4.66. The molecule has 1 aliphatic rings. The minimum atomic E-state index is 0.759. The van der Waals surface area contributed by atoms with Gasteiger partial charge < -0.3 is 5.32 Å². The quantitative estimate of drug-likeness (QED) is 0.763. The molecule has 2 aromatic carbocycles. The Morgan fingerprint density at radius 1 is 1.10 bits per heavy atom. The Labute approximate surface area is 129 Å². The third kappa shape index (κ3) is 4.02. The van der Waals surface area contributed by atoms with Crippen molar-refractivity contribution in [2.45, 2.75) is 36.1 Å². The first kappa shape index (κ1) is 14.0. The summed E-state index contributed by atoms with van der Waals surface area (Å²) in [6.07, 6.45) is 2.67. The van der Waals surface area contributed by atoms with E-state index in [4.69, 9.17) is 11.6 Å². The van der Waals surface area contributed by atoms with Gasteiger partial charge in [-0.1, -0.05) is 41.9 Å². The summed E-state index contributed by atoms with van der Waals surface area (Å²) in [5.74, 6) is 0.916. The Morgan fingerprint density at radius 3 is 2.75 bits per heavy atom. The number of benzene rings is 2. The molecular weight excluding hydrogens is 286 g/mol. The average Bonchev–Trinajstić information content (AvgIpc) is 3.29. The lowest BCUT2D eigenvalue weighted by Crippen LogP contribution is -2.15. The molecule has 3 heteroatoms. The van der Waals surface area contributed by atoms with Gasteiger partial charge in [0.05, 0.1) is 0 Å². The van der Waals surface area contributed by atoms with E-state index in [0.717, 1.165) is 23.4 Å². The summed E-state index contributed by atoms with van der Waals surface area (Å²) in [4.78, 5) is 1.31. The average molecular weight is 304 g/mol. The molecule has 1 saturated carbocycles. The maximum atomic E-state index is 6.19. The van der Waals surface area contributed by atoms with E-state index in [1.54, 1.807) is 0 Å². The van der Waals surface area contributed by atoms with Crippen LogP contribution in [0.1, 0.15) is 24.0 Å². The van der Waals surface area contributed by atoms with Gasteiger partial charge in [0.25, 0.3) is 0 Å². The fourth-order valence-electron chi connectivity index (χ4n) is 2.07. The highest BCUT2D eigenvalue weighted by Gasteiger charge is 2.19. The van der Waals surface area contributed by atoms with Crippen LogP contribution in [-0.2, 0) is 12.3 Å². The first-order valence-electron chi connectivity index (χ1n) is 7.00. The predicted molar refractivity (Wildman–Crippen MR) is 87.3 cm³/mol. The van der Waals surface area contributed by atoms with Crippen LogP contribution in [0.2, 0.25) is 5.02 Å². The summed E-state index contributed by atoms with van der Waals surface area (Å²) in [5, 5.41) is 4.41. The molecule has 0 aliphatic heterocycles. The van der Waals surface area contributed by atoms with E-state index >= 15 is 0 Å². The summed E-state index contributed by atoms with van der Waals surface area (Å²) in [7, 11) is 0. The van der Waals surface area contributed by atoms with Crippen LogP contribution >= 0.6 is 23.4 Å². The Morgan fingerprint density at radius 2 is 1.95 bits per heavy atom. The van der Waals surface area contributed by atoms with Crippen molar-refractivity contribution in [2.75, 3.05) is 0 Å². The van der Waals surface area contributed by atoms with E-state index in [0.29, 0.717) is 0 Å². The minimum Gasteiger partial charge on any atom is -0.310 e. The monoisotopic (exact) mass is 303 g/mol. The van der Waals surface area contributed by atoms with E-state index in [1.165, 1.54) is 28.9 Å². The van der Waals surface area contributed by atoms with Gasteiger partial charge in [0.2, 0.25) is 0 Å². The molecule has 1 nitrogen and oxygen atoms in total. The first-order valence-corrected chi connectivity index (χ1v) is 8.36. The molecule has 0 spiro atoms. The zero-order valence-corrected chi connectivity index (χ0v) is 12.9. The van der Waals surface area contributed by atoms with Crippen LogP contribution in [0, 0.1) is 0 Å². The predicted octanol–water partition coefficient (Wildman–Crippen LogP) is 4.88. The highest BCUT2D eigenvalue weighted by Crippen LogP contribution is 2.27. The molecule has 0 saturated heterocycles.